The number of rotatable bonds is 5. The monoisotopic (exact) mass is 383 g/mol. The molecule has 1 aliphatic rings. The van der Waals surface area contributed by atoms with Crippen molar-refractivity contribution in [2.75, 3.05) is 11.1 Å². The van der Waals surface area contributed by atoms with E-state index in [-0.39, 0.29) is 11.6 Å². The van der Waals surface area contributed by atoms with E-state index in [1.54, 1.807) is 28.9 Å². The molecule has 1 aromatic heterocycles. The summed E-state index contributed by atoms with van der Waals surface area (Å²) in [6, 6.07) is 8.58. The third kappa shape index (κ3) is 3.24. The molecule has 1 aliphatic carbocycles. The molecule has 0 bridgehead atoms. The Kier molecular flexibility index (Phi) is 4.18. The predicted molar refractivity (Wildman–Crippen MR) is 96.9 cm³/mol. The molecule has 2 aromatic carbocycles. The summed E-state index contributed by atoms with van der Waals surface area (Å²) in [5, 5.41) is 25.3. The molecule has 3 aromatic rings. The van der Waals surface area contributed by atoms with Gasteiger partial charge in [-0.3, -0.25) is 14.9 Å². The van der Waals surface area contributed by atoms with Crippen LogP contribution in [0.2, 0.25) is 0 Å². The normalized spacial score (nSPS) is 13.3. The number of tetrazole rings is 1. The van der Waals surface area contributed by atoms with Crippen LogP contribution in [0.4, 0.5) is 21.5 Å². The number of carbonyl (C=O) groups is 1. The molecule has 0 radical (unpaired) electrons. The van der Waals surface area contributed by atoms with Crippen LogP contribution in [-0.4, -0.2) is 31.0 Å². The third-order valence-corrected chi connectivity index (χ3v) is 4.33. The SMILES string of the molecule is Nc1c(C(=O)Nc2cccc(-c3nnnn3C3CC3)c2)cc(F)cc1[N+](=O)[O-]. The van der Waals surface area contributed by atoms with Gasteiger partial charge in [0.25, 0.3) is 11.6 Å². The molecule has 0 saturated heterocycles. The molecule has 0 spiro atoms. The maximum absolute atomic E-state index is 13.7. The van der Waals surface area contributed by atoms with Gasteiger partial charge in [-0.05, 0) is 41.5 Å². The Balaban J connectivity index is 1.63. The zero-order valence-corrected chi connectivity index (χ0v) is 14.4. The van der Waals surface area contributed by atoms with Crippen LogP contribution in [0.25, 0.3) is 11.4 Å². The van der Waals surface area contributed by atoms with Gasteiger partial charge in [0.2, 0.25) is 0 Å². The Morgan fingerprint density at radius 1 is 1.32 bits per heavy atom. The topological polar surface area (TPSA) is 142 Å². The van der Waals surface area contributed by atoms with Crippen LogP contribution in [-0.2, 0) is 0 Å². The number of nitro benzene ring substituents is 1. The van der Waals surface area contributed by atoms with E-state index in [4.69, 9.17) is 5.73 Å². The minimum Gasteiger partial charge on any atom is -0.393 e. The number of carbonyl (C=O) groups excluding carboxylic acids is 1. The van der Waals surface area contributed by atoms with E-state index in [9.17, 15) is 19.3 Å². The van der Waals surface area contributed by atoms with E-state index in [0.29, 0.717) is 23.1 Å². The van der Waals surface area contributed by atoms with Crippen LogP contribution in [0.3, 0.4) is 0 Å². The number of anilines is 2. The Morgan fingerprint density at radius 2 is 2.11 bits per heavy atom. The first-order valence-electron chi connectivity index (χ1n) is 8.37. The third-order valence-electron chi connectivity index (χ3n) is 4.33. The van der Waals surface area contributed by atoms with Gasteiger partial charge in [0.05, 0.1) is 22.6 Å². The minimum atomic E-state index is -0.927. The zero-order chi connectivity index (χ0) is 19.8. The Hall–Kier alpha value is -3.89. The highest BCUT2D eigenvalue weighted by molar-refractivity contribution is 6.09. The van der Waals surface area contributed by atoms with Crippen LogP contribution in [0.5, 0.6) is 0 Å². The zero-order valence-electron chi connectivity index (χ0n) is 14.4. The Morgan fingerprint density at radius 3 is 2.82 bits per heavy atom. The van der Waals surface area contributed by atoms with Crippen molar-refractivity contribution in [2.24, 2.45) is 0 Å². The summed E-state index contributed by atoms with van der Waals surface area (Å²) < 4.78 is 15.4. The first kappa shape index (κ1) is 17.5. The number of halogens is 1. The van der Waals surface area contributed by atoms with Crippen molar-refractivity contribution >= 4 is 23.0 Å². The number of aromatic nitrogens is 4. The van der Waals surface area contributed by atoms with E-state index in [1.165, 1.54) is 0 Å². The largest absolute Gasteiger partial charge is 0.393 e. The van der Waals surface area contributed by atoms with Crippen LogP contribution in [0, 0.1) is 15.9 Å². The fourth-order valence-corrected chi connectivity index (χ4v) is 2.83. The van der Waals surface area contributed by atoms with Gasteiger partial charge in [-0.25, -0.2) is 9.07 Å². The molecule has 1 amide bonds. The molecular formula is C17H14FN7O3. The number of hydrogen-bond donors (Lipinski definition) is 2. The van der Waals surface area contributed by atoms with Crippen molar-refractivity contribution in [3.05, 3.63) is 57.9 Å². The second-order valence-corrected chi connectivity index (χ2v) is 6.36. The van der Waals surface area contributed by atoms with Crippen molar-refractivity contribution in [1.82, 2.24) is 20.2 Å². The predicted octanol–water partition coefficient (Wildman–Crippen LogP) is 2.56. The van der Waals surface area contributed by atoms with Gasteiger partial charge in [-0.1, -0.05) is 12.1 Å². The lowest BCUT2D eigenvalue weighted by Gasteiger charge is -2.10. The van der Waals surface area contributed by atoms with Crippen LogP contribution < -0.4 is 11.1 Å². The summed E-state index contributed by atoms with van der Waals surface area (Å²) in [5.74, 6) is -1.12. The summed E-state index contributed by atoms with van der Waals surface area (Å²) in [6.45, 7) is 0. The molecule has 4 rings (SSSR count). The van der Waals surface area contributed by atoms with Gasteiger partial charge in [0, 0.05) is 11.3 Å². The first-order chi connectivity index (χ1) is 13.4. The van der Waals surface area contributed by atoms with Gasteiger partial charge in [0.15, 0.2) is 5.82 Å². The lowest BCUT2D eigenvalue weighted by molar-refractivity contribution is -0.384. The number of nitro groups is 1. The van der Waals surface area contributed by atoms with Gasteiger partial charge in [-0.2, -0.15) is 0 Å². The average molecular weight is 383 g/mol. The van der Waals surface area contributed by atoms with Crippen LogP contribution in [0.1, 0.15) is 29.2 Å². The van der Waals surface area contributed by atoms with E-state index in [2.05, 4.69) is 20.8 Å². The average Bonchev–Trinajstić information content (AvgIpc) is 3.39. The summed E-state index contributed by atoms with van der Waals surface area (Å²) in [4.78, 5) is 22.7. The molecule has 28 heavy (non-hydrogen) atoms. The Bertz CT molecular complexity index is 1090. The fraction of sp³-hybridized carbons (Fsp3) is 0.176. The Labute approximate surface area is 157 Å². The number of nitrogens with two attached hydrogens (primary N) is 1. The summed E-state index contributed by atoms with van der Waals surface area (Å²) in [7, 11) is 0. The van der Waals surface area contributed by atoms with Crippen molar-refractivity contribution in [2.45, 2.75) is 18.9 Å². The molecule has 1 saturated carbocycles. The number of nitrogen functional groups attached to an aromatic ring is 1. The van der Waals surface area contributed by atoms with E-state index < -0.39 is 28.0 Å². The highest BCUT2D eigenvalue weighted by Gasteiger charge is 2.28. The van der Waals surface area contributed by atoms with Crippen LogP contribution in [0.15, 0.2) is 36.4 Å². The highest BCUT2D eigenvalue weighted by Crippen LogP contribution is 2.37. The maximum Gasteiger partial charge on any atom is 0.295 e. The molecule has 0 atom stereocenters. The molecule has 0 aliphatic heterocycles. The van der Waals surface area contributed by atoms with Crippen molar-refractivity contribution in [3.8, 4) is 11.4 Å². The summed E-state index contributed by atoms with van der Waals surface area (Å²) in [6.07, 6.45) is 2.01. The van der Waals surface area contributed by atoms with Gasteiger partial charge in [0.1, 0.15) is 11.5 Å². The fourth-order valence-electron chi connectivity index (χ4n) is 2.83. The molecule has 142 valence electrons. The second-order valence-electron chi connectivity index (χ2n) is 6.36. The smallest absolute Gasteiger partial charge is 0.295 e. The highest BCUT2D eigenvalue weighted by atomic mass is 19.1. The lowest BCUT2D eigenvalue weighted by atomic mass is 10.1. The summed E-state index contributed by atoms with van der Waals surface area (Å²) in [5.41, 5.74) is 5.36. The van der Waals surface area contributed by atoms with E-state index in [0.717, 1.165) is 18.9 Å². The summed E-state index contributed by atoms with van der Waals surface area (Å²) >= 11 is 0. The van der Waals surface area contributed by atoms with Crippen molar-refractivity contribution in [1.29, 1.82) is 0 Å². The second kappa shape index (κ2) is 6.68. The van der Waals surface area contributed by atoms with Gasteiger partial charge >= 0.3 is 0 Å². The number of nitrogens with zero attached hydrogens (tertiary/aromatic N) is 5. The lowest BCUT2D eigenvalue weighted by Crippen LogP contribution is -2.15. The van der Waals surface area contributed by atoms with Gasteiger partial charge < -0.3 is 11.1 Å². The van der Waals surface area contributed by atoms with Crippen LogP contribution >= 0.6 is 0 Å². The standard InChI is InChI=1S/C17H14FN7O3/c18-10-7-13(15(19)14(8-10)25(27)28)17(26)20-11-3-1-2-9(6-11)16-21-22-23-24(16)12-4-5-12/h1-3,6-8,12H,4-5,19H2,(H,20,26). The maximum atomic E-state index is 13.7. The molecule has 1 fully saturated rings. The van der Waals surface area contributed by atoms with Crippen molar-refractivity contribution in [3.63, 3.8) is 0 Å². The van der Waals surface area contributed by atoms with E-state index in [1.807, 2.05) is 0 Å². The van der Waals surface area contributed by atoms with E-state index >= 15 is 0 Å². The first-order valence-corrected chi connectivity index (χ1v) is 8.37. The minimum absolute atomic E-state index is 0.274. The van der Waals surface area contributed by atoms with Crippen molar-refractivity contribution < 1.29 is 14.1 Å². The molecule has 1 heterocycles. The molecule has 11 heteroatoms. The molecule has 3 N–H and O–H groups in total. The molecular weight excluding hydrogens is 369 g/mol. The molecule has 10 nitrogen and oxygen atoms in total. The quantitative estimate of drug-likeness (QED) is 0.392. The number of amides is 1. The number of benzene rings is 2. The molecule has 0 unspecified atom stereocenters. The number of nitrogens with one attached hydrogen (secondary N) is 1. The number of hydrogen-bond acceptors (Lipinski definition) is 7. The van der Waals surface area contributed by atoms with Gasteiger partial charge in [-0.15, -0.1) is 5.10 Å².